The summed E-state index contributed by atoms with van der Waals surface area (Å²) in [6, 6.07) is 6.28. The second-order valence-electron chi connectivity index (χ2n) is 4.85. The number of hydrogen-bond acceptors (Lipinski definition) is 4. The Kier molecular flexibility index (Phi) is 4.65. The third-order valence-electron chi connectivity index (χ3n) is 3.40. The Labute approximate surface area is 119 Å². The molecular weight excluding hydrogens is 278 g/mol. The first kappa shape index (κ1) is 14.8. The van der Waals surface area contributed by atoms with Crippen LogP contribution < -0.4 is 4.72 Å². The van der Waals surface area contributed by atoms with Crippen molar-refractivity contribution in [2.45, 2.75) is 37.9 Å². The highest BCUT2D eigenvalue weighted by Crippen LogP contribution is 2.26. The van der Waals surface area contributed by atoms with Gasteiger partial charge in [0.05, 0.1) is 17.4 Å². The van der Waals surface area contributed by atoms with E-state index in [0.717, 1.165) is 25.7 Å². The highest BCUT2D eigenvalue weighted by molar-refractivity contribution is 7.93. The third kappa shape index (κ3) is 3.50. The van der Waals surface area contributed by atoms with Crippen molar-refractivity contribution in [2.24, 2.45) is 0 Å². The minimum absolute atomic E-state index is 0.299. The van der Waals surface area contributed by atoms with Gasteiger partial charge in [0.1, 0.15) is 0 Å². The zero-order valence-electron chi connectivity index (χ0n) is 11.5. The predicted octanol–water partition coefficient (Wildman–Crippen LogP) is 2.55. The lowest BCUT2D eigenvalue weighted by atomic mass is 10.2. The van der Waals surface area contributed by atoms with E-state index in [1.165, 1.54) is 0 Å². The number of hydrogen-bond donors (Lipinski definition) is 1. The van der Waals surface area contributed by atoms with E-state index < -0.39 is 16.0 Å². The Hall–Kier alpha value is -1.56. The van der Waals surface area contributed by atoms with Gasteiger partial charge in [-0.15, -0.1) is 0 Å². The lowest BCUT2D eigenvalue weighted by Crippen LogP contribution is -2.25. The maximum absolute atomic E-state index is 12.1. The van der Waals surface area contributed by atoms with E-state index in [2.05, 4.69) is 4.72 Å². The van der Waals surface area contributed by atoms with Gasteiger partial charge >= 0.3 is 5.97 Å². The normalized spacial score (nSPS) is 16.1. The summed E-state index contributed by atoms with van der Waals surface area (Å²) in [7, 11) is -3.32. The van der Waals surface area contributed by atoms with E-state index in [-0.39, 0.29) is 5.25 Å². The minimum Gasteiger partial charge on any atom is -0.462 e. The predicted molar refractivity (Wildman–Crippen MR) is 77.2 cm³/mol. The van der Waals surface area contributed by atoms with Crippen LogP contribution in [0.25, 0.3) is 0 Å². The van der Waals surface area contributed by atoms with Crippen molar-refractivity contribution >= 4 is 21.7 Å². The molecule has 5 nitrogen and oxygen atoms in total. The number of ether oxygens (including phenoxy) is 1. The number of carbonyl (C=O) groups excluding carboxylic acids is 1. The van der Waals surface area contributed by atoms with Gasteiger partial charge in [-0.2, -0.15) is 0 Å². The fraction of sp³-hybridized carbons (Fsp3) is 0.500. The molecule has 2 rings (SSSR count). The molecule has 1 N–H and O–H groups in total. The Bertz CT molecular complexity index is 559. The second-order valence-corrected chi connectivity index (χ2v) is 6.81. The van der Waals surface area contributed by atoms with Crippen LogP contribution in [0.2, 0.25) is 0 Å². The largest absolute Gasteiger partial charge is 0.462 e. The lowest BCUT2D eigenvalue weighted by molar-refractivity contribution is 0.0526. The van der Waals surface area contributed by atoms with Crippen molar-refractivity contribution in [2.75, 3.05) is 11.3 Å². The number of esters is 1. The summed E-state index contributed by atoms with van der Waals surface area (Å²) in [5.74, 6) is -0.405. The first-order valence-corrected chi connectivity index (χ1v) is 8.36. The van der Waals surface area contributed by atoms with Crippen LogP contribution in [-0.4, -0.2) is 26.2 Å². The minimum atomic E-state index is -3.32. The van der Waals surface area contributed by atoms with E-state index in [0.29, 0.717) is 17.9 Å². The van der Waals surface area contributed by atoms with Crippen LogP contribution in [0.4, 0.5) is 5.69 Å². The van der Waals surface area contributed by atoms with Gasteiger partial charge in [0.15, 0.2) is 0 Å². The molecule has 1 fully saturated rings. The fourth-order valence-corrected chi connectivity index (χ4v) is 3.92. The molecule has 0 bridgehead atoms. The first-order chi connectivity index (χ1) is 9.53. The Balaban J connectivity index is 2.05. The maximum atomic E-state index is 12.1. The topological polar surface area (TPSA) is 72.5 Å². The number of anilines is 1. The maximum Gasteiger partial charge on any atom is 0.338 e. The molecule has 0 aliphatic heterocycles. The molecular formula is C14H19NO4S. The highest BCUT2D eigenvalue weighted by atomic mass is 32.2. The van der Waals surface area contributed by atoms with Crippen molar-refractivity contribution in [1.29, 1.82) is 0 Å². The van der Waals surface area contributed by atoms with Gasteiger partial charge in [0.2, 0.25) is 10.0 Å². The Morgan fingerprint density at radius 3 is 2.40 bits per heavy atom. The molecule has 1 aliphatic rings. The molecule has 0 atom stereocenters. The SMILES string of the molecule is CCOC(=O)c1ccc(NS(=O)(=O)C2CCCC2)cc1. The standard InChI is InChI=1S/C14H19NO4S/c1-2-19-14(16)11-7-9-12(10-8-11)15-20(17,18)13-5-3-4-6-13/h7-10,13,15H,2-6H2,1H3. The number of sulfonamides is 1. The summed E-state index contributed by atoms with van der Waals surface area (Å²) < 4.78 is 31.7. The molecule has 6 heteroatoms. The van der Waals surface area contributed by atoms with Crippen molar-refractivity contribution in [3.63, 3.8) is 0 Å². The summed E-state index contributed by atoms with van der Waals surface area (Å²) in [5.41, 5.74) is 0.889. The van der Waals surface area contributed by atoms with Gasteiger partial charge in [0, 0.05) is 5.69 Å². The molecule has 0 aromatic heterocycles. The second kappa shape index (κ2) is 6.26. The molecule has 1 saturated carbocycles. The molecule has 0 radical (unpaired) electrons. The molecule has 1 aliphatic carbocycles. The van der Waals surface area contributed by atoms with Crippen LogP contribution in [0.5, 0.6) is 0 Å². The van der Waals surface area contributed by atoms with Crippen LogP contribution in [0, 0.1) is 0 Å². The molecule has 0 amide bonds. The van der Waals surface area contributed by atoms with Gasteiger partial charge in [-0.05, 0) is 44.0 Å². The molecule has 0 saturated heterocycles. The van der Waals surface area contributed by atoms with E-state index in [9.17, 15) is 13.2 Å². The van der Waals surface area contributed by atoms with E-state index >= 15 is 0 Å². The van der Waals surface area contributed by atoms with E-state index in [4.69, 9.17) is 4.74 Å². The summed E-state index contributed by atoms with van der Waals surface area (Å²) in [4.78, 5) is 11.5. The summed E-state index contributed by atoms with van der Waals surface area (Å²) in [6.07, 6.45) is 3.37. The lowest BCUT2D eigenvalue weighted by Gasteiger charge is -2.13. The van der Waals surface area contributed by atoms with E-state index in [1.54, 1.807) is 31.2 Å². The average molecular weight is 297 g/mol. The van der Waals surface area contributed by atoms with Gasteiger partial charge < -0.3 is 4.74 Å². The molecule has 20 heavy (non-hydrogen) atoms. The fourth-order valence-electron chi connectivity index (χ4n) is 2.34. The average Bonchev–Trinajstić information content (AvgIpc) is 2.94. The Morgan fingerprint density at radius 2 is 1.85 bits per heavy atom. The van der Waals surface area contributed by atoms with Crippen molar-refractivity contribution in [3.8, 4) is 0 Å². The number of carbonyl (C=O) groups is 1. The molecule has 110 valence electrons. The molecule has 1 aromatic rings. The van der Waals surface area contributed by atoms with Crippen LogP contribution in [0.1, 0.15) is 43.0 Å². The molecule has 0 heterocycles. The van der Waals surface area contributed by atoms with Crippen molar-refractivity contribution < 1.29 is 17.9 Å². The first-order valence-electron chi connectivity index (χ1n) is 6.82. The number of benzene rings is 1. The summed E-state index contributed by atoms with van der Waals surface area (Å²) >= 11 is 0. The monoisotopic (exact) mass is 297 g/mol. The summed E-state index contributed by atoms with van der Waals surface area (Å²) in [5, 5.41) is -0.299. The van der Waals surface area contributed by atoms with Crippen LogP contribution in [0.15, 0.2) is 24.3 Å². The zero-order valence-corrected chi connectivity index (χ0v) is 12.3. The highest BCUT2D eigenvalue weighted by Gasteiger charge is 2.28. The molecule has 0 unspecified atom stereocenters. The summed E-state index contributed by atoms with van der Waals surface area (Å²) in [6.45, 7) is 2.05. The third-order valence-corrected chi connectivity index (χ3v) is 5.27. The van der Waals surface area contributed by atoms with Crippen LogP contribution >= 0.6 is 0 Å². The van der Waals surface area contributed by atoms with Gasteiger partial charge in [-0.1, -0.05) is 12.8 Å². The smallest absolute Gasteiger partial charge is 0.338 e. The van der Waals surface area contributed by atoms with Crippen LogP contribution in [0.3, 0.4) is 0 Å². The van der Waals surface area contributed by atoms with Gasteiger partial charge in [-0.3, -0.25) is 4.72 Å². The van der Waals surface area contributed by atoms with Gasteiger partial charge in [0.25, 0.3) is 0 Å². The van der Waals surface area contributed by atoms with Gasteiger partial charge in [-0.25, -0.2) is 13.2 Å². The number of rotatable bonds is 5. The number of nitrogens with one attached hydrogen (secondary N) is 1. The van der Waals surface area contributed by atoms with E-state index in [1.807, 2.05) is 0 Å². The molecule has 0 spiro atoms. The van der Waals surface area contributed by atoms with Crippen LogP contribution in [-0.2, 0) is 14.8 Å². The molecule has 1 aromatic carbocycles. The Morgan fingerprint density at radius 1 is 1.25 bits per heavy atom. The van der Waals surface area contributed by atoms with Crippen molar-refractivity contribution in [1.82, 2.24) is 0 Å². The van der Waals surface area contributed by atoms with Crippen molar-refractivity contribution in [3.05, 3.63) is 29.8 Å². The quantitative estimate of drug-likeness (QED) is 0.848. The zero-order chi connectivity index (χ0) is 14.6.